The molecule has 0 aliphatic rings. The molecule has 0 aliphatic heterocycles. The Labute approximate surface area is 206 Å². The van der Waals surface area contributed by atoms with E-state index >= 15 is 0 Å². The number of hydrogen-bond donors (Lipinski definition) is 2. The number of furan rings is 1. The molecular weight excluding hydrogens is 466 g/mol. The van der Waals surface area contributed by atoms with Crippen LogP contribution in [0.2, 0.25) is 0 Å². The number of aromatic nitrogens is 3. The lowest BCUT2D eigenvalue weighted by atomic mass is 10.2. The van der Waals surface area contributed by atoms with Gasteiger partial charge >= 0.3 is 0 Å². The average molecular weight is 492 g/mol. The Morgan fingerprint density at radius 3 is 2.49 bits per heavy atom. The van der Waals surface area contributed by atoms with Crippen LogP contribution in [0.5, 0.6) is 5.75 Å². The first kappa shape index (κ1) is 24.1. The first-order valence-electron chi connectivity index (χ1n) is 10.8. The van der Waals surface area contributed by atoms with Crippen LogP contribution < -0.4 is 15.4 Å². The summed E-state index contributed by atoms with van der Waals surface area (Å²) >= 11 is 1.30. The fourth-order valence-electron chi connectivity index (χ4n) is 3.37. The number of rotatable bonds is 8. The quantitative estimate of drug-likeness (QED) is 0.342. The number of carbonyl (C=O) groups is 2. The molecule has 0 fully saturated rings. The van der Waals surface area contributed by atoms with Crippen LogP contribution in [0.4, 0.5) is 11.4 Å². The molecule has 2 heterocycles. The van der Waals surface area contributed by atoms with Gasteiger partial charge in [-0.3, -0.25) is 9.59 Å². The molecule has 1 unspecified atom stereocenters. The number of anilines is 2. The van der Waals surface area contributed by atoms with Crippen molar-refractivity contribution >= 4 is 35.0 Å². The van der Waals surface area contributed by atoms with Gasteiger partial charge in [-0.15, -0.1) is 10.2 Å². The highest BCUT2D eigenvalue weighted by atomic mass is 32.2. The molecule has 10 heteroatoms. The van der Waals surface area contributed by atoms with Crippen LogP contribution in [-0.2, 0) is 11.8 Å². The summed E-state index contributed by atoms with van der Waals surface area (Å²) in [6.45, 7) is 3.66. The fourth-order valence-corrected chi connectivity index (χ4v) is 4.19. The fraction of sp³-hybridized carbons (Fsp3) is 0.200. The lowest BCUT2D eigenvalue weighted by molar-refractivity contribution is -0.115. The van der Waals surface area contributed by atoms with E-state index in [0.29, 0.717) is 33.7 Å². The molecule has 2 N–H and O–H groups in total. The zero-order valence-corrected chi connectivity index (χ0v) is 20.6. The van der Waals surface area contributed by atoms with Gasteiger partial charge in [0.25, 0.3) is 5.91 Å². The van der Waals surface area contributed by atoms with E-state index in [2.05, 4.69) is 20.8 Å². The van der Waals surface area contributed by atoms with Gasteiger partial charge in [0, 0.05) is 18.3 Å². The van der Waals surface area contributed by atoms with Crippen molar-refractivity contribution in [1.82, 2.24) is 14.8 Å². The molecule has 1 atom stereocenters. The van der Waals surface area contributed by atoms with Crippen LogP contribution in [0.3, 0.4) is 0 Å². The zero-order valence-electron chi connectivity index (χ0n) is 19.7. The second kappa shape index (κ2) is 10.5. The Kier molecular flexibility index (Phi) is 7.21. The maximum Gasteiger partial charge on any atom is 0.255 e. The van der Waals surface area contributed by atoms with Crippen molar-refractivity contribution in [3.05, 3.63) is 72.2 Å². The Bertz CT molecular complexity index is 1350. The summed E-state index contributed by atoms with van der Waals surface area (Å²) in [7, 11) is 3.40. The molecule has 0 saturated heterocycles. The molecule has 0 aliphatic carbocycles. The number of carbonyl (C=O) groups excluding carboxylic acids is 2. The summed E-state index contributed by atoms with van der Waals surface area (Å²) in [6.07, 6.45) is 1.61. The number of benzene rings is 2. The van der Waals surface area contributed by atoms with Gasteiger partial charge in [0.05, 0.1) is 29.9 Å². The molecule has 0 saturated carbocycles. The monoisotopic (exact) mass is 491 g/mol. The highest BCUT2D eigenvalue weighted by Gasteiger charge is 2.21. The van der Waals surface area contributed by atoms with Gasteiger partial charge in [0.2, 0.25) is 5.91 Å². The van der Waals surface area contributed by atoms with E-state index in [1.54, 1.807) is 56.7 Å². The predicted molar refractivity (Wildman–Crippen MR) is 135 cm³/mol. The highest BCUT2D eigenvalue weighted by Crippen LogP contribution is 2.28. The standard InChI is InChI=1S/C25H25N5O4S/c1-15-19(13-14-34-15)22-28-29-25(30(22)3)35-16(2)23(31)26-18-11-9-17(10-12-18)24(32)27-20-7-5-6-8-21(20)33-4/h5-14,16H,1-4H3,(H,26,31)(H,27,32). The SMILES string of the molecule is COc1ccccc1NC(=O)c1ccc(NC(=O)C(C)Sc2nnc(-c3ccoc3C)n2C)cc1. The van der Waals surface area contributed by atoms with Gasteiger partial charge in [-0.05, 0) is 56.3 Å². The lowest BCUT2D eigenvalue weighted by Gasteiger charge is -2.12. The summed E-state index contributed by atoms with van der Waals surface area (Å²) in [4.78, 5) is 25.3. The first-order chi connectivity index (χ1) is 16.9. The van der Waals surface area contributed by atoms with Crippen molar-refractivity contribution in [1.29, 1.82) is 0 Å². The van der Waals surface area contributed by atoms with Crippen LogP contribution in [-0.4, -0.2) is 38.9 Å². The molecule has 35 heavy (non-hydrogen) atoms. The van der Waals surface area contributed by atoms with Crippen molar-refractivity contribution in [2.24, 2.45) is 7.05 Å². The maximum atomic E-state index is 12.8. The Morgan fingerprint density at radius 2 is 1.80 bits per heavy atom. The number of hydrogen-bond acceptors (Lipinski definition) is 7. The summed E-state index contributed by atoms with van der Waals surface area (Å²) in [6, 6.07) is 15.7. The molecule has 4 aromatic rings. The van der Waals surface area contributed by atoms with Crippen molar-refractivity contribution in [3.63, 3.8) is 0 Å². The predicted octanol–water partition coefficient (Wildman–Crippen LogP) is 4.76. The second-order valence-corrected chi connectivity index (χ2v) is 9.04. The van der Waals surface area contributed by atoms with Crippen molar-refractivity contribution in [2.75, 3.05) is 17.7 Å². The molecule has 9 nitrogen and oxygen atoms in total. The largest absolute Gasteiger partial charge is 0.495 e. The van der Waals surface area contributed by atoms with Crippen LogP contribution in [0.25, 0.3) is 11.4 Å². The highest BCUT2D eigenvalue weighted by molar-refractivity contribution is 8.00. The molecular formula is C25H25N5O4S. The van der Waals surface area contributed by atoms with Gasteiger partial charge in [0.15, 0.2) is 11.0 Å². The van der Waals surface area contributed by atoms with Crippen molar-refractivity contribution in [2.45, 2.75) is 24.3 Å². The van der Waals surface area contributed by atoms with Gasteiger partial charge < -0.3 is 24.4 Å². The Hall–Kier alpha value is -4.05. The number of nitrogens with one attached hydrogen (secondary N) is 2. The topological polar surface area (TPSA) is 111 Å². The van der Waals surface area contributed by atoms with Crippen molar-refractivity contribution in [3.8, 4) is 17.1 Å². The van der Waals surface area contributed by atoms with E-state index < -0.39 is 5.25 Å². The number of aryl methyl sites for hydroxylation is 1. The Balaban J connectivity index is 1.36. The third-order valence-electron chi connectivity index (χ3n) is 5.36. The smallest absolute Gasteiger partial charge is 0.255 e. The number of thioether (sulfide) groups is 1. The van der Waals surface area contributed by atoms with Gasteiger partial charge in [-0.25, -0.2) is 0 Å². The summed E-state index contributed by atoms with van der Waals surface area (Å²) in [5, 5.41) is 14.4. The van der Waals surface area contributed by atoms with Gasteiger partial charge in [0.1, 0.15) is 11.5 Å². The normalized spacial score (nSPS) is 11.7. The molecule has 180 valence electrons. The third kappa shape index (κ3) is 5.38. The van der Waals surface area contributed by atoms with E-state index in [1.807, 2.05) is 36.7 Å². The van der Waals surface area contributed by atoms with E-state index in [-0.39, 0.29) is 11.8 Å². The van der Waals surface area contributed by atoms with E-state index in [0.717, 1.165) is 11.3 Å². The first-order valence-corrected chi connectivity index (χ1v) is 11.7. The minimum atomic E-state index is -0.426. The maximum absolute atomic E-state index is 12.8. The number of methoxy groups -OCH3 is 1. The molecule has 2 aromatic heterocycles. The van der Waals surface area contributed by atoms with Crippen LogP contribution in [0, 0.1) is 6.92 Å². The molecule has 4 rings (SSSR count). The summed E-state index contributed by atoms with van der Waals surface area (Å²) in [5.41, 5.74) is 2.48. The minimum absolute atomic E-state index is 0.190. The van der Waals surface area contributed by atoms with Crippen molar-refractivity contribution < 1.29 is 18.7 Å². The average Bonchev–Trinajstić information content (AvgIpc) is 3.44. The molecule has 2 amide bonds. The van der Waals surface area contributed by atoms with E-state index in [9.17, 15) is 9.59 Å². The minimum Gasteiger partial charge on any atom is -0.495 e. The van der Waals surface area contributed by atoms with Gasteiger partial charge in [-0.2, -0.15) is 0 Å². The Morgan fingerprint density at radius 1 is 1.06 bits per heavy atom. The molecule has 2 aromatic carbocycles. The third-order valence-corrected chi connectivity index (χ3v) is 6.49. The summed E-state index contributed by atoms with van der Waals surface area (Å²) in [5.74, 6) is 1.54. The molecule has 0 radical (unpaired) electrons. The number of amides is 2. The van der Waals surface area contributed by atoms with Crippen LogP contribution >= 0.6 is 11.8 Å². The van der Waals surface area contributed by atoms with E-state index in [1.165, 1.54) is 11.8 Å². The number of ether oxygens (including phenoxy) is 1. The van der Waals surface area contributed by atoms with E-state index in [4.69, 9.17) is 9.15 Å². The van der Waals surface area contributed by atoms with Gasteiger partial charge in [-0.1, -0.05) is 23.9 Å². The molecule has 0 spiro atoms. The number of para-hydroxylation sites is 2. The second-order valence-electron chi connectivity index (χ2n) is 7.74. The molecule has 0 bridgehead atoms. The van der Waals surface area contributed by atoms with Crippen LogP contribution in [0.1, 0.15) is 23.0 Å². The van der Waals surface area contributed by atoms with Crippen LogP contribution in [0.15, 0.2) is 70.4 Å². The summed E-state index contributed by atoms with van der Waals surface area (Å²) < 4.78 is 12.4. The lowest BCUT2D eigenvalue weighted by Crippen LogP contribution is -2.23. The zero-order chi connectivity index (χ0) is 24.9. The number of nitrogens with zero attached hydrogens (tertiary/aromatic N) is 3.